The molecular formula is C48H36N2O7. The van der Waals surface area contributed by atoms with Crippen molar-refractivity contribution in [2.45, 2.75) is 0 Å². The Bertz CT molecular complexity index is 2410. The van der Waals surface area contributed by atoms with Crippen molar-refractivity contribution in [3.8, 4) is 80.5 Å². The molecule has 9 heteroatoms. The van der Waals surface area contributed by atoms with Crippen molar-refractivity contribution < 1.29 is 33.2 Å². The van der Waals surface area contributed by atoms with E-state index in [-0.39, 0.29) is 0 Å². The van der Waals surface area contributed by atoms with Gasteiger partial charge in [-0.05, 0) is 121 Å². The summed E-state index contributed by atoms with van der Waals surface area (Å²) in [4.78, 5) is 0. The van der Waals surface area contributed by atoms with Crippen LogP contribution >= 0.6 is 0 Å². The van der Waals surface area contributed by atoms with E-state index in [0.717, 1.165) is 0 Å². The maximum Gasteiger partial charge on any atom is 0.170 e. The maximum absolute atomic E-state index is 6.29. The van der Waals surface area contributed by atoms with Gasteiger partial charge >= 0.3 is 0 Å². The van der Waals surface area contributed by atoms with Gasteiger partial charge in [-0.3, -0.25) is 0 Å². The fourth-order valence-corrected chi connectivity index (χ4v) is 5.64. The standard InChI is InChI=1S/C48H36N2O7/c49-37-13-1-3-15-39(37)54-45-21-9-11-23-47(45)56-43-19-7-5-17-41(43)52-35-29-25-33(26-30-35)51-34-27-31-36(32-28-34)53-42-18-6-8-20-44(42)57-48-24-12-10-22-46(48)55-40-16-4-2-14-38(40)50/h1-32H,49-50H2. The number of hydrogen-bond donors (Lipinski definition) is 2. The van der Waals surface area contributed by atoms with E-state index in [0.29, 0.717) is 91.9 Å². The average Bonchev–Trinajstić information content (AvgIpc) is 3.24. The molecule has 0 unspecified atom stereocenters. The number of nitrogens with two attached hydrogens (primary N) is 2. The van der Waals surface area contributed by atoms with E-state index in [1.807, 2.05) is 170 Å². The summed E-state index contributed by atoms with van der Waals surface area (Å²) in [6, 6.07) is 58.9. The Balaban J connectivity index is 0.898. The number of anilines is 2. The van der Waals surface area contributed by atoms with Crippen molar-refractivity contribution in [1.29, 1.82) is 0 Å². The minimum atomic E-state index is 0.510. The highest BCUT2D eigenvalue weighted by atomic mass is 16.5. The topological polar surface area (TPSA) is 117 Å². The second kappa shape index (κ2) is 17.0. The monoisotopic (exact) mass is 752 g/mol. The van der Waals surface area contributed by atoms with Crippen molar-refractivity contribution in [1.82, 2.24) is 0 Å². The third-order valence-corrected chi connectivity index (χ3v) is 8.45. The lowest BCUT2D eigenvalue weighted by Crippen LogP contribution is -1.95. The Morgan fingerprint density at radius 2 is 0.386 bits per heavy atom. The smallest absolute Gasteiger partial charge is 0.170 e. The highest BCUT2D eigenvalue weighted by molar-refractivity contribution is 5.58. The van der Waals surface area contributed by atoms with Gasteiger partial charge in [0.2, 0.25) is 0 Å². The molecule has 8 aromatic rings. The lowest BCUT2D eigenvalue weighted by molar-refractivity contribution is 0.394. The summed E-state index contributed by atoms with van der Waals surface area (Å²) in [7, 11) is 0. The van der Waals surface area contributed by atoms with E-state index in [9.17, 15) is 0 Å². The summed E-state index contributed by atoms with van der Waals surface area (Å²) in [5, 5.41) is 0. The van der Waals surface area contributed by atoms with Crippen LogP contribution in [0.1, 0.15) is 0 Å². The van der Waals surface area contributed by atoms with E-state index in [4.69, 9.17) is 44.6 Å². The fraction of sp³-hybridized carbons (Fsp3) is 0. The van der Waals surface area contributed by atoms with E-state index < -0.39 is 0 Å². The summed E-state index contributed by atoms with van der Waals surface area (Å²) in [5.74, 6) is 7.67. The number of ether oxygens (including phenoxy) is 7. The van der Waals surface area contributed by atoms with Crippen molar-refractivity contribution in [3.05, 3.63) is 194 Å². The van der Waals surface area contributed by atoms with Gasteiger partial charge in [-0.2, -0.15) is 0 Å². The molecule has 0 atom stereocenters. The molecule has 57 heavy (non-hydrogen) atoms. The number of nitrogen functional groups attached to an aromatic ring is 2. The SMILES string of the molecule is Nc1ccccc1Oc1ccccc1Oc1ccccc1Oc1ccc(Oc2ccc(Oc3ccccc3Oc3ccccc3Oc3ccccc3N)cc2)cc1. The second-order valence-electron chi connectivity index (χ2n) is 12.5. The van der Waals surface area contributed by atoms with Gasteiger partial charge in [0, 0.05) is 0 Å². The Labute approximate surface area is 329 Å². The molecule has 0 aliphatic carbocycles. The predicted octanol–water partition coefficient (Wildman–Crippen LogP) is 13.4. The molecule has 4 N–H and O–H groups in total. The second-order valence-corrected chi connectivity index (χ2v) is 12.5. The van der Waals surface area contributed by atoms with Crippen molar-refractivity contribution in [2.75, 3.05) is 11.5 Å². The van der Waals surface area contributed by atoms with E-state index in [1.54, 1.807) is 24.3 Å². The molecule has 0 bridgehead atoms. The molecule has 0 saturated carbocycles. The van der Waals surface area contributed by atoms with Crippen LogP contribution < -0.4 is 44.6 Å². The molecule has 0 spiro atoms. The highest BCUT2D eigenvalue weighted by Gasteiger charge is 2.15. The van der Waals surface area contributed by atoms with Crippen molar-refractivity contribution in [2.24, 2.45) is 0 Å². The largest absolute Gasteiger partial charge is 0.457 e. The zero-order valence-corrected chi connectivity index (χ0v) is 30.5. The zero-order valence-electron chi connectivity index (χ0n) is 30.5. The van der Waals surface area contributed by atoms with E-state index in [1.165, 1.54) is 0 Å². The fourth-order valence-electron chi connectivity index (χ4n) is 5.64. The first-order chi connectivity index (χ1) is 28.0. The average molecular weight is 753 g/mol. The van der Waals surface area contributed by atoms with Gasteiger partial charge in [-0.15, -0.1) is 0 Å². The number of para-hydroxylation sites is 12. The molecule has 0 aliphatic rings. The minimum absolute atomic E-state index is 0.510. The van der Waals surface area contributed by atoms with Gasteiger partial charge in [-0.1, -0.05) is 72.8 Å². The lowest BCUT2D eigenvalue weighted by atomic mass is 10.2. The summed E-state index contributed by atoms with van der Waals surface area (Å²) in [6.45, 7) is 0. The molecule has 0 amide bonds. The Hall–Kier alpha value is -8.04. The van der Waals surface area contributed by atoms with Crippen LogP contribution in [0.5, 0.6) is 80.5 Å². The summed E-state index contributed by atoms with van der Waals surface area (Å²) < 4.78 is 43.4. The van der Waals surface area contributed by atoms with Gasteiger partial charge in [0.1, 0.15) is 23.0 Å². The van der Waals surface area contributed by atoms with Crippen LogP contribution in [0.25, 0.3) is 0 Å². The van der Waals surface area contributed by atoms with E-state index >= 15 is 0 Å². The van der Waals surface area contributed by atoms with Gasteiger partial charge in [0.15, 0.2) is 57.5 Å². The molecule has 0 aromatic heterocycles. The van der Waals surface area contributed by atoms with Gasteiger partial charge < -0.3 is 44.6 Å². The van der Waals surface area contributed by atoms with Gasteiger partial charge in [0.05, 0.1) is 11.4 Å². The number of benzene rings is 8. The predicted molar refractivity (Wildman–Crippen MR) is 221 cm³/mol. The summed E-state index contributed by atoms with van der Waals surface area (Å²) in [5.41, 5.74) is 13.3. The van der Waals surface area contributed by atoms with Crippen LogP contribution in [0, 0.1) is 0 Å². The molecule has 280 valence electrons. The van der Waals surface area contributed by atoms with Crippen molar-refractivity contribution >= 4 is 11.4 Å². The minimum Gasteiger partial charge on any atom is -0.457 e. The zero-order chi connectivity index (χ0) is 38.8. The quantitative estimate of drug-likeness (QED) is 0.105. The first-order valence-electron chi connectivity index (χ1n) is 18.0. The summed E-state index contributed by atoms with van der Waals surface area (Å²) in [6.07, 6.45) is 0. The van der Waals surface area contributed by atoms with Crippen LogP contribution in [0.3, 0.4) is 0 Å². The molecule has 9 nitrogen and oxygen atoms in total. The highest BCUT2D eigenvalue weighted by Crippen LogP contribution is 2.42. The number of hydrogen-bond acceptors (Lipinski definition) is 9. The molecule has 0 heterocycles. The van der Waals surface area contributed by atoms with Crippen LogP contribution in [0.15, 0.2) is 194 Å². The molecule has 0 aliphatic heterocycles. The molecule has 0 saturated heterocycles. The van der Waals surface area contributed by atoms with Crippen LogP contribution in [0.2, 0.25) is 0 Å². The maximum atomic E-state index is 6.29. The Morgan fingerprint density at radius 3 is 0.649 bits per heavy atom. The third kappa shape index (κ3) is 9.02. The van der Waals surface area contributed by atoms with Crippen LogP contribution in [-0.2, 0) is 0 Å². The number of rotatable bonds is 14. The molecule has 8 aromatic carbocycles. The molecule has 0 radical (unpaired) electrons. The molecule has 8 rings (SSSR count). The van der Waals surface area contributed by atoms with Crippen LogP contribution in [0.4, 0.5) is 11.4 Å². The third-order valence-electron chi connectivity index (χ3n) is 8.45. The first-order valence-corrected chi connectivity index (χ1v) is 18.0. The summed E-state index contributed by atoms with van der Waals surface area (Å²) >= 11 is 0. The first kappa shape index (κ1) is 36.0. The molecular weight excluding hydrogens is 717 g/mol. The normalized spacial score (nSPS) is 10.6. The van der Waals surface area contributed by atoms with Gasteiger partial charge in [0.25, 0.3) is 0 Å². The molecule has 0 fully saturated rings. The van der Waals surface area contributed by atoms with Gasteiger partial charge in [-0.25, -0.2) is 0 Å². The lowest BCUT2D eigenvalue weighted by Gasteiger charge is -2.16. The Morgan fingerprint density at radius 1 is 0.193 bits per heavy atom. The van der Waals surface area contributed by atoms with Crippen LogP contribution in [-0.4, -0.2) is 0 Å². The Kier molecular flexibility index (Phi) is 10.7. The van der Waals surface area contributed by atoms with E-state index in [2.05, 4.69) is 0 Å². The van der Waals surface area contributed by atoms with Crippen molar-refractivity contribution in [3.63, 3.8) is 0 Å².